The van der Waals surface area contributed by atoms with Crippen LogP contribution in [0.15, 0.2) is 60.7 Å². The van der Waals surface area contributed by atoms with Gasteiger partial charge in [-0.2, -0.15) is 0 Å². The Labute approximate surface area is 266 Å². The van der Waals surface area contributed by atoms with Crippen molar-refractivity contribution in [2.24, 2.45) is 0 Å². The Morgan fingerprint density at radius 2 is 1.27 bits per heavy atom. The van der Waals surface area contributed by atoms with Crippen molar-refractivity contribution in [2.75, 3.05) is 13.2 Å². The molecule has 0 saturated carbocycles. The maximum atomic E-state index is 6.37. The summed E-state index contributed by atoms with van der Waals surface area (Å²) in [5.74, 6) is 1.02. The average Bonchev–Trinajstić information content (AvgIpc) is 3.03. The number of para-hydroxylation sites is 1. The Hall–Kier alpha value is -3.36. The molecule has 4 aromatic rings. The van der Waals surface area contributed by atoms with Crippen LogP contribution in [-0.4, -0.2) is 13.2 Å². The van der Waals surface area contributed by atoms with Crippen LogP contribution in [0.4, 0.5) is 0 Å². The van der Waals surface area contributed by atoms with Gasteiger partial charge >= 0.3 is 0 Å². The number of aryl methyl sites for hydroxylation is 4. The summed E-state index contributed by atoms with van der Waals surface area (Å²) in [5.41, 5.74) is 17.9. The minimum absolute atomic E-state index is 0.197. The predicted octanol–water partition coefficient (Wildman–Crippen LogP) is 11.2. The van der Waals surface area contributed by atoms with Gasteiger partial charge in [0.25, 0.3) is 0 Å². The lowest BCUT2D eigenvalue weighted by molar-refractivity contribution is 0.0145. The highest BCUT2D eigenvalue weighted by atomic mass is 16.5. The number of rotatable bonds is 11. The third-order valence-corrected chi connectivity index (χ3v) is 9.90. The Morgan fingerprint density at radius 3 is 1.89 bits per heavy atom. The van der Waals surface area contributed by atoms with Gasteiger partial charge < -0.3 is 9.47 Å². The molecule has 0 bridgehead atoms. The quantitative estimate of drug-likeness (QED) is 0.162. The van der Waals surface area contributed by atoms with E-state index in [1.165, 1.54) is 98.0 Å². The topological polar surface area (TPSA) is 18.5 Å². The van der Waals surface area contributed by atoms with Gasteiger partial charge in [0.15, 0.2) is 0 Å². The molecule has 0 amide bonds. The number of hydrogen-bond donors (Lipinski definition) is 0. The van der Waals surface area contributed by atoms with E-state index in [1.807, 2.05) is 0 Å². The van der Waals surface area contributed by atoms with E-state index in [4.69, 9.17) is 9.47 Å². The minimum Gasteiger partial charge on any atom is -0.493 e. The van der Waals surface area contributed by atoms with Gasteiger partial charge in [-0.3, -0.25) is 0 Å². The number of benzene rings is 4. The molecular formula is C42H52O2. The summed E-state index contributed by atoms with van der Waals surface area (Å²) in [7, 11) is 0. The largest absolute Gasteiger partial charge is 0.493 e. The summed E-state index contributed by atoms with van der Waals surface area (Å²) in [6.45, 7) is 17.7. The summed E-state index contributed by atoms with van der Waals surface area (Å²) in [5, 5.41) is 0. The third kappa shape index (κ3) is 6.97. The molecule has 1 heterocycles. The van der Waals surface area contributed by atoms with Crippen LogP contribution in [0, 0.1) is 41.5 Å². The first kappa shape index (κ1) is 32.0. The Balaban J connectivity index is 1.64. The zero-order valence-electron chi connectivity index (χ0n) is 28.2. The summed E-state index contributed by atoms with van der Waals surface area (Å²) in [6, 6.07) is 22.4. The standard InChI is InChI=1S/C42H52O2/c1-8-9-15-22-43-39-20-13-11-18-35(39)27-38-31(5)25-29(3)33(7)42(38)41-32(6)28(2)24-30(4)37(41)26-34-17-10-12-19-36(34)40-21-14-16-23-44-40/h10-13,17-20,24-25,40H,8-9,14-16,21-23,26-27H2,1-7H3. The predicted molar refractivity (Wildman–Crippen MR) is 186 cm³/mol. The number of hydrogen-bond acceptors (Lipinski definition) is 2. The van der Waals surface area contributed by atoms with Crippen molar-refractivity contribution in [3.8, 4) is 16.9 Å². The van der Waals surface area contributed by atoms with Crippen molar-refractivity contribution >= 4 is 0 Å². The van der Waals surface area contributed by atoms with Crippen LogP contribution in [0.1, 0.15) is 113 Å². The first-order valence-electron chi connectivity index (χ1n) is 16.9. The molecule has 0 N–H and O–H groups in total. The second kappa shape index (κ2) is 14.6. The maximum Gasteiger partial charge on any atom is 0.122 e. The third-order valence-electron chi connectivity index (χ3n) is 9.90. The van der Waals surface area contributed by atoms with Gasteiger partial charge in [0, 0.05) is 13.0 Å². The van der Waals surface area contributed by atoms with Crippen LogP contribution >= 0.6 is 0 Å². The molecule has 5 rings (SSSR count). The maximum absolute atomic E-state index is 6.37. The first-order valence-corrected chi connectivity index (χ1v) is 16.9. The van der Waals surface area contributed by atoms with E-state index in [0.717, 1.165) is 44.6 Å². The fourth-order valence-corrected chi connectivity index (χ4v) is 7.12. The van der Waals surface area contributed by atoms with E-state index in [9.17, 15) is 0 Å². The van der Waals surface area contributed by atoms with Gasteiger partial charge in [0.2, 0.25) is 0 Å². The van der Waals surface area contributed by atoms with Crippen LogP contribution in [0.25, 0.3) is 11.1 Å². The van der Waals surface area contributed by atoms with E-state index in [0.29, 0.717) is 0 Å². The lowest BCUT2D eigenvalue weighted by Crippen LogP contribution is -2.14. The SMILES string of the molecule is CCCCCOc1ccccc1Cc1c(C)cc(C)c(C)c1-c1c(C)c(C)cc(C)c1Cc1ccccc1C1CCCCO1. The lowest BCUT2D eigenvalue weighted by atomic mass is 9.79. The van der Waals surface area contributed by atoms with E-state index in [-0.39, 0.29) is 6.10 Å². The molecule has 2 heteroatoms. The summed E-state index contributed by atoms with van der Waals surface area (Å²) in [6.07, 6.45) is 8.96. The molecule has 0 spiro atoms. The number of ether oxygens (including phenoxy) is 2. The van der Waals surface area contributed by atoms with Crippen LogP contribution in [0.5, 0.6) is 5.75 Å². The van der Waals surface area contributed by atoms with Gasteiger partial charge in [-0.15, -0.1) is 0 Å². The molecule has 1 atom stereocenters. The molecule has 0 radical (unpaired) electrons. The highest BCUT2D eigenvalue weighted by Crippen LogP contribution is 2.42. The molecule has 0 aromatic heterocycles. The van der Waals surface area contributed by atoms with E-state index in [1.54, 1.807) is 0 Å². The van der Waals surface area contributed by atoms with E-state index < -0.39 is 0 Å². The Kier molecular flexibility index (Phi) is 10.6. The van der Waals surface area contributed by atoms with Gasteiger partial charge in [-0.1, -0.05) is 74.4 Å². The van der Waals surface area contributed by atoms with E-state index in [2.05, 4.69) is 109 Å². The monoisotopic (exact) mass is 588 g/mol. The average molecular weight is 589 g/mol. The van der Waals surface area contributed by atoms with Crippen molar-refractivity contribution in [3.63, 3.8) is 0 Å². The molecule has 1 aliphatic rings. The molecule has 1 fully saturated rings. The lowest BCUT2D eigenvalue weighted by Gasteiger charge is -2.27. The summed E-state index contributed by atoms with van der Waals surface area (Å²) in [4.78, 5) is 0. The van der Waals surface area contributed by atoms with Crippen LogP contribution < -0.4 is 4.74 Å². The highest BCUT2D eigenvalue weighted by Gasteiger charge is 2.24. The number of unbranched alkanes of at least 4 members (excludes halogenated alkanes) is 2. The summed E-state index contributed by atoms with van der Waals surface area (Å²) < 4.78 is 12.7. The normalized spacial score (nSPS) is 15.0. The van der Waals surface area contributed by atoms with Gasteiger partial charge in [-0.25, -0.2) is 0 Å². The molecule has 0 aliphatic carbocycles. The summed E-state index contributed by atoms with van der Waals surface area (Å²) >= 11 is 0. The molecule has 1 unspecified atom stereocenters. The Bertz CT molecular complexity index is 1590. The van der Waals surface area contributed by atoms with Gasteiger partial charge in [0.05, 0.1) is 12.7 Å². The minimum atomic E-state index is 0.197. The fourth-order valence-electron chi connectivity index (χ4n) is 7.12. The second-order valence-corrected chi connectivity index (χ2v) is 13.0. The van der Waals surface area contributed by atoms with Crippen LogP contribution in [0.3, 0.4) is 0 Å². The van der Waals surface area contributed by atoms with Crippen molar-refractivity contribution in [1.82, 2.24) is 0 Å². The van der Waals surface area contributed by atoms with E-state index >= 15 is 0 Å². The van der Waals surface area contributed by atoms with Crippen LogP contribution in [-0.2, 0) is 17.6 Å². The molecule has 1 aliphatic heterocycles. The molecule has 4 aromatic carbocycles. The smallest absolute Gasteiger partial charge is 0.122 e. The van der Waals surface area contributed by atoms with Gasteiger partial charge in [0.1, 0.15) is 5.75 Å². The van der Waals surface area contributed by atoms with Crippen molar-refractivity contribution < 1.29 is 9.47 Å². The molecule has 44 heavy (non-hydrogen) atoms. The molecular weight excluding hydrogens is 536 g/mol. The zero-order valence-corrected chi connectivity index (χ0v) is 28.2. The first-order chi connectivity index (χ1) is 21.3. The van der Waals surface area contributed by atoms with Crippen molar-refractivity contribution in [1.29, 1.82) is 0 Å². The fraction of sp³-hybridized carbons (Fsp3) is 0.429. The highest BCUT2D eigenvalue weighted by molar-refractivity contribution is 5.81. The van der Waals surface area contributed by atoms with Crippen molar-refractivity contribution in [2.45, 2.75) is 106 Å². The second-order valence-electron chi connectivity index (χ2n) is 13.0. The Morgan fingerprint density at radius 1 is 0.682 bits per heavy atom. The van der Waals surface area contributed by atoms with Crippen LogP contribution in [0.2, 0.25) is 0 Å². The van der Waals surface area contributed by atoms with Gasteiger partial charge in [-0.05, 0) is 152 Å². The molecule has 1 saturated heterocycles. The molecule has 2 nitrogen and oxygen atoms in total. The molecule has 232 valence electrons. The zero-order chi connectivity index (χ0) is 31.2. The van der Waals surface area contributed by atoms with Crippen molar-refractivity contribution in [3.05, 3.63) is 122 Å².